The number of hydrogen-bond acceptors (Lipinski definition) is 2. The minimum atomic E-state index is -0.539. The lowest BCUT2D eigenvalue weighted by molar-refractivity contribution is -0.128. The molecule has 0 spiro atoms. The number of nitrogens with one attached hydrogen (secondary N) is 1. The van der Waals surface area contributed by atoms with Crippen LogP contribution in [-0.4, -0.2) is 12.0 Å². The standard InChI is InChI=1S/C24H25NO2/c1-3-22(27-21-16-14-18(2)15-17-21)24(26)25-23(19-10-6-4-7-11-19)20-12-8-5-9-13-20/h4-17,22-23H,3H2,1-2H3,(H,25,26)/t22-/m1/s1. The monoisotopic (exact) mass is 359 g/mol. The Bertz CT molecular complexity index is 805. The topological polar surface area (TPSA) is 38.3 Å². The second-order valence-corrected chi connectivity index (χ2v) is 6.59. The summed E-state index contributed by atoms with van der Waals surface area (Å²) in [7, 11) is 0. The first-order valence-electron chi connectivity index (χ1n) is 9.31. The smallest absolute Gasteiger partial charge is 0.261 e. The molecule has 1 N–H and O–H groups in total. The van der Waals surface area contributed by atoms with Crippen molar-refractivity contribution in [2.75, 3.05) is 0 Å². The first kappa shape index (κ1) is 18.7. The quantitative estimate of drug-likeness (QED) is 0.640. The highest BCUT2D eigenvalue weighted by Crippen LogP contribution is 2.23. The Morgan fingerprint density at radius 2 is 1.37 bits per heavy atom. The molecule has 0 bridgehead atoms. The highest BCUT2D eigenvalue weighted by atomic mass is 16.5. The fourth-order valence-corrected chi connectivity index (χ4v) is 2.99. The molecule has 0 aliphatic rings. The molecule has 0 aromatic heterocycles. The molecule has 3 heteroatoms. The van der Waals surface area contributed by atoms with Gasteiger partial charge in [-0.05, 0) is 36.6 Å². The molecule has 0 aliphatic carbocycles. The van der Waals surface area contributed by atoms with Crippen molar-refractivity contribution in [1.29, 1.82) is 0 Å². The van der Waals surface area contributed by atoms with E-state index in [2.05, 4.69) is 5.32 Å². The van der Waals surface area contributed by atoms with Gasteiger partial charge in [0.15, 0.2) is 6.10 Å². The molecule has 0 heterocycles. The van der Waals surface area contributed by atoms with Crippen LogP contribution in [0.2, 0.25) is 0 Å². The second kappa shape index (κ2) is 9.04. The maximum Gasteiger partial charge on any atom is 0.261 e. The average Bonchev–Trinajstić information content (AvgIpc) is 2.72. The van der Waals surface area contributed by atoms with Gasteiger partial charge < -0.3 is 10.1 Å². The maximum absolute atomic E-state index is 13.0. The zero-order valence-corrected chi connectivity index (χ0v) is 15.8. The molecule has 27 heavy (non-hydrogen) atoms. The van der Waals surface area contributed by atoms with Crippen LogP contribution >= 0.6 is 0 Å². The predicted octanol–water partition coefficient (Wildman–Crippen LogP) is 5.06. The Morgan fingerprint density at radius 3 is 1.85 bits per heavy atom. The van der Waals surface area contributed by atoms with Crippen LogP contribution in [0.5, 0.6) is 5.75 Å². The van der Waals surface area contributed by atoms with E-state index in [1.165, 1.54) is 0 Å². The van der Waals surface area contributed by atoms with E-state index in [0.29, 0.717) is 12.2 Å². The van der Waals surface area contributed by atoms with E-state index in [1.54, 1.807) is 0 Å². The summed E-state index contributed by atoms with van der Waals surface area (Å²) >= 11 is 0. The zero-order valence-electron chi connectivity index (χ0n) is 15.8. The molecule has 0 saturated carbocycles. The number of aryl methyl sites for hydroxylation is 1. The summed E-state index contributed by atoms with van der Waals surface area (Å²) in [6.07, 6.45) is 0.0540. The van der Waals surface area contributed by atoms with Crippen molar-refractivity contribution >= 4 is 5.91 Å². The van der Waals surface area contributed by atoms with Gasteiger partial charge >= 0.3 is 0 Å². The SMILES string of the molecule is CC[C@@H](Oc1ccc(C)cc1)C(=O)NC(c1ccccc1)c1ccccc1. The van der Waals surface area contributed by atoms with Crippen LogP contribution in [0.4, 0.5) is 0 Å². The van der Waals surface area contributed by atoms with Gasteiger partial charge in [0.25, 0.3) is 5.91 Å². The Balaban J connectivity index is 1.79. The molecule has 1 amide bonds. The van der Waals surface area contributed by atoms with Crippen LogP contribution in [0.1, 0.15) is 36.1 Å². The molecule has 3 rings (SSSR count). The Morgan fingerprint density at radius 1 is 0.852 bits per heavy atom. The largest absolute Gasteiger partial charge is 0.481 e. The zero-order chi connectivity index (χ0) is 19.1. The van der Waals surface area contributed by atoms with Gasteiger partial charge in [-0.1, -0.05) is 85.3 Å². The highest BCUT2D eigenvalue weighted by Gasteiger charge is 2.23. The summed E-state index contributed by atoms with van der Waals surface area (Å²) in [5.41, 5.74) is 3.25. The highest BCUT2D eigenvalue weighted by molar-refractivity contribution is 5.82. The summed E-state index contributed by atoms with van der Waals surface area (Å²) in [4.78, 5) is 13.0. The molecule has 0 unspecified atom stereocenters. The number of carbonyl (C=O) groups is 1. The van der Waals surface area contributed by atoms with Crippen molar-refractivity contribution in [1.82, 2.24) is 5.32 Å². The third-order valence-corrected chi connectivity index (χ3v) is 4.51. The fraction of sp³-hybridized carbons (Fsp3) is 0.208. The lowest BCUT2D eigenvalue weighted by Gasteiger charge is -2.24. The van der Waals surface area contributed by atoms with Crippen molar-refractivity contribution in [3.05, 3.63) is 102 Å². The van der Waals surface area contributed by atoms with Crippen molar-refractivity contribution in [2.45, 2.75) is 32.4 Å². The van der Waals surface area contributed by atoms with E-state index in [9.17, 15) is 4.79 Å². The third kappa shape index (κ3) is 4.98. The molecule has 138 valence electrons. The summed E-state index contributed by atoms with van der Waals surface area (Å²) < 4.78 is 5.94. The van der Waals surface area contributed by atoms with Gasteiger partial charge in [0.2, 0.25) is 0 Å². The summed E-state index contributed by atoms with van der Waals surface area (Å²) in [5, 5.41) is 3.17. The first-order valence-corrected chi connectivity index (χ1v) is 9.31. The Hall–Kier alpha value is -3.07. The van der Waals surface area contributed by atoms with E-state index < -0.39 is 6.10 Å². The van der Waals surface area contributed by atoms with Gasteiger partial charge in [-0.15, -0.1) is 0 Å². The van der Waals surface area contributed by atoms with E-state index in [1.807, 2.05) is 98.8 Å². The summed E-state index contributed by atoms with van der Waals surface area (Å²) in [6.45, 7) is 3.98. The second-order valence-electron chi connectivity index (χ2n) is 6.59. The number of benzene rings is 3. The number of rotatable bonds is 7. The number of hydrogen-bond donors (Lipinski definition) is 1. The molecule has 0 saturated heterocycles. The summed E-state index contributed by atoms with van der Waals surface area (Å²) in [5.74, 6) is 0.592. The lowest BCUT2D eigenvalue weighted by atomic mass is 9.98. The number of carbonyl (C=O) groups excluding carboxylic acids is 1. The minimum Gasteiger partial charge on any atom is -0.481 e. The van der Waals surface area contributed by atoms with E-state index in [-0.39, 0.29) is 11.9 Å². The first-order chi connectivity index (χ1) is 13.2. The molecule has 3 nitrogen and oxygen atoms in total. The summed E-state index contributed by atoms with van der Waals surface area (Å²) in [6, 6.07) is 27.5. The van der Waals surface area contributed by atoms with Crippen molar-refractivity contribution in [3.8, 4) is 5.75 Å². The van der Waals surface area contributed by atoms with Gasteiger partial charge in [-0.2, -0.15) is 0 Å². The normalized spacial score (nSPS) is 11.8. The van der Waals surface area contributed by atoms with Gasteiger partial charge in [0.1, 0.15) is 5.75 Å². The maximum atomic E-state index is 13.0. The van der Waals surface area contributed by atoms with Crippen molar-refractivity contribution in [3.63, 3.8) is 0 Å². The van der Waals surface area contributed by atoms with Gasteiger partial charge in [-0.3, -0.25) is 4.79 Å². The van der Waals surface area contributed by atoms with Crippen LogP contribution in [0.15, 0.2) is 84.9 Å². The predicted molar refractivity (Wildman–Crippen MR) is 109 cm³/mol. The Kier molecular flexibility index (Phi) is 6.26. The minimum absolute atomic E-state index is 0.115. The molecule has 0 aliphatic heterocycles. The lowest BCUT2D eigenvalue weighted by Crippen LogP contribution is -2.40. The molecule has 0 fully saturated rings. The van der Waals surface area contributed by atoms with Crippen LogP contribution in [-0.2, 0) is 4.79 Å². The third-order valence-electron chi connectivity index (χ3n) is 4.51. The van der Waals surface area contributed by atoms with Crippen LogP contribution in [0.25, 0.3) is 0 Å². The number of amides is 1. The van der Waals surface area contributed by atoms with E-state index in [0.717, 1.165) is 16.7 Å². The van der Waals surface area contributed by atoms with E-state index >= 15 is 0 Å². The van der Waals surface area contributed by atoms with Gasteiger partial charge in [0.05, 0.1) is 6.04 Å². The molecule has 3 aromatic carbocycles. The molecular weight excluding hydrogens is 334 g/mol. The average molecular weight is 359 g/mol. The van der Waals surface area contributed by atoms with Crippen LogP contribution < -0.4 is 10.1 Å². The van der Waals surface area contributed by atoms with E-state index in [4.69, 9.17) is 4.74 Å². The molecule has 1 atom stereocenters. The van der Waals surface area contributed by atoms with Crippen molar-refractivity contribution in [2.24, 2.45) is 0 Å². The van der Waals surface area contributed by atoms with Crippen molar-refractivity contribution < 1.29 is 9.53 Å². The Labute approximate surface area is 161 Å². The molecular formula is C24H25NO2. The van der Waals surface area contributed by atoms with Gasteiger partial charge in [0, 0.05) is 0 Å². The van der Waals surface area contributed by atoms with Gasteiger partial charge in [-0.25, -0.2) is 0 Å². The fourth-order valence-electron chi connectivity index (χ4n) is 2.99. The molecule has 3 aromatic rings. The van der Waals surface area contributed by atoms with Crippen LogP contribution in [0.3, 0.4) is 0 Å². The molecule has 0 radical (unpaired) electrons. The number of ether oxygens (including phenoxy) is 1. The van der Waals surface area contributed by atoms with Crippen LogP contribution in [0, 0.1) is 6.92 Å².